The molecule has 0 radical (unpaired) electrons. The molecule has 0 fully saturated rings. The van der Waals surface area contributed by atoms with Crippen molar-refractivity contribution in [3.8, 4) is 5.75 Å². The molecule has 2 aromatic carbocycles. The average molecular weight is 456 g/mol. The first-order valence-corrected chi connectivity index (χ1v) is 10.4. The molecule has 4 rings (SSSR count). The molecule has 2 heterocycles. The Morgan fingerprint density at radius 2 is 1.97 bits per heavy atom. The molecular weight excluding hydrogens is 443 g/mol. The SMILES string of the molecule is COc1ccc(/C=N/N(C(=O)c2ccc([N+](=O)[O-])s2)c2nc3ccc(F)cc3s2)cc1. The number of hydrogen-bond donors (Lipinski definition) is 0. The maximum atomic E-state index is 13.6. The predicted molar refractivity (Wildman–Crippen MR) is 118 cm³/mol. The van der Waals surface area contributed by atoms with E-state index in [4.69, 9.17) is 4.74 Å². The van der Waals surface area contributed by atoms with Crippen LogP contribution in [-0.4, -0.2) is 29.1 Å². The van der Waals surface area contributed by atoms with E-state index in [9.17, 15) is 19.3 Å². The number of carbonyl (C=O) groups is 1. The van der Waals surface area contributed by atoms with Gasteiger partial charge < -0.3 is 4.74 Å². The highest BCUT2D eigenvalue weighted by atomic mass is 32.1. The van der Waals surface area contributed by atoms with Crippen molar-refractivity contribution < 1.29 is 18.8 Å². The van der Waals surface area contributed by atoms with Gasteiger partial charge in [0.2, 0.25) is 5.13 Å². The van der Waals surface area contributed by atoms with Crippen molar-refractivity contribution in [3.05, 3.63) is 81.0 Å². The molecule has 0 saturated carbocycles. The Kier molecular flexibility index (Phi) is 5.69. The van der Waals surface area contributed by atoms with E-state index >= 15 is 0 Å². The van der Waals surface area contributed by atoms with Gasteiger partial charge in [-0.3, -0.25) is 14.9 Å². The fraction of sp³-hybridized carbons (Fsp3) is 0.0500. The van der Waals surface area contributed by atoms with Crippen molar-refractivity contribution in [1.29, 1.82) is 0 Å². The quantitative estimate of drug-likeness (QED) is 0.229. The molecule has 1 amide bonds. The molecular formula is C20H13FN4O4S2. The molecule has 0 aliphatic carbocycles. The number of carbonyl (C=O) groups excluding carboxylic acids is 1. The van der Waals surface area contributed by atoms with Crippen LogP contribution in [0.3, 0.4) is 0 Å². The van der Waals surface area contributed by atoms with Crippen molar-refractivity contribution in [2.45, 2.75) is 0 Å². The van der Waals surface area contributed by atoms with Crippen LogP contribution >= 0.6 is 22.7 Å². The molecule has 0 unspecified atom stereocenters. The normalized spacial score (nSPS) is 11.2. The zero-order chi connectivity index (χ0) is 22.0. The first-order chi connectivity index (χ1) is 14.9. The number of ether oxygens (including phenoxy) is 1. The number of thiazole rings is 1. The maximum Gasteiger partial charge on any atom is 0.324 e. The van der Waals surface area contributed by atoms with Gasteiger partial charge in [0.15, 0.2) is 0 Å². The van der Waals surface area contributed by atoms with Gasteiger partial charge in [-0.05, 0) is 54.1 Å². The molecule has 2 aromatic heterocycles. The third-order valence-electron chi connectivity index (χ3n) is 4.13. The number of hydrazone groups is 1. The average Bonchev–Trinajstić information content (AvgIpc) is 3.41. The van der Waals surface area contributed by atoms with Gasteiger partial charge in [0.05, 0.1) is 28.5 Å². The number of benzene rings is 2. The van der Waals surface area contributed by atoms with Gasteiger partial charge in [-0.2, -0.15) is 10.1 Å². The van der Waals surface area contributed by atoms with Crippen LogP contribution in [0.25, 0.3) is 10.2 Å². The number of nitrogens with zero attached hydrogens (tertiary/aromatic N) is 4. The van der Waals surface area contributed by atoms with E-state index in [0.29, 0.717) is 21.5 Å². The standard InChI is InChI=1S/C20H13FN4O4S2/c1-29-14-5-2-12(3-6-14)11-22-24(19(26)16-8-9-18(30-16)25(27)28)20-23-15-7-4-13(21)10-17(15)31-20/h2-11H,1H3/b22-11+. The number of methoxy groups -OCH3 is 1. The summed E-state index contributed by atoms with van der Waals surface area (Å²) in [5, 5.41) is 16.4. The minimum atomic E-state index is -0.581. The Hall–Kier alpha value is -3.70. The molecule has 8 nitrogen and oxygen atoms in total. The van der Waals surface area contributed by atoms with Crippen LogP contribution in [0.2, 0.25) is 0 Å². The maximum absolute atomic E-state index is 13.6. The summed E-state index contributed by atoms with van der Waals surface area (Å²) in [6.07, 6.45) is 1.46. The van der Waals surface area contributed by atoms with Crippen LogP contribution in [0.5, 0.6) is 5.75 Å². The largest absolute Gasteiger partial charge is 0.497 e. The lowest BCUT2D eigenvalue weighted by Gasteiger charge is -2.12. The highest BCUT2D eigenvalue weighted by Crippen LogP contribution is 2.32. The zero-order valence-corrected chi connectivity index (χ0v) is 17.5. The Balaban J connectivity index is 1.73. The summed E-state index contributed by atoms with van der Waals surface area (Å²) >= 11 is 1.83. The summed E-state index contributed by atoms with van der Waals surface area (Å²) in [6.45, 7) is 0. The van der Waals surface area contributed by atoms with Crippen LogP contribution in [0.4, 0.5) is 14.5 Å². The Morgan fingerprint density at radius 3 is 2.65 bits per heavy atom. The number of rotatable bonds is 6. The van der Waals surface area contributed by atoms with Gasteiger partial charge in [0.1, 0.15) is 16.4 Å². The number of halogens is 1. The first kappa shape index (κ1) is 20.6. The van der Waals surface area contributed by atoms with Crippen LogP contribution in [0.1, 0.15) is 15.2 Å². The molecule has 11 heteroatoms. The van der Waals surface area contributed by atoms with E-state index in [1.165, 1.54) is 36.5 Å². The summed E-state index contributed by atoms with van der Waals surface area (Å²) in [5.41, 5.74) is 1.21. The van der Waals surface area contributed by atoms with E-state index in [0.717, 1.165) is 27.7 Å². The van der Waals surface area contributed by atoms with E-state index < -0.39 is 16.6 Å². The molecule has 0 bridgehead atoms. The molecule has 0 atom stereocenters. The van der Waals surface area contributed by atoms with Crippen molar-refractivity contribution in [3.63, 3.8) is 0 Å². The monoisotopic (exact) mass is 456 g/mol. The molecule has 0 N–H and O–H groups in total. The summed E-state index contributed by atoms with van der Waals surface area (Å²) in [4.78, 5) is 28.1. The number of anilines is 1. The van der Waals surface area contributed by atoms with Crippen molar-refractivity contribution in [2.24, 2.45) is 5.10 Å². The molecule has 0 aliphatic heterocycles. The van der Waals surface area contributed by atoms with Gasteiger partial charge in [-0.15, -0.1) is 0 Å². The summed E-state index contributed by atoms with van der Waals surface area (Å²) < 4.78 is 19.2. The Bertz CT molecular complexity index is 1300. The molecule has 31 heavy (non-hydrogen) atoms. The van der Waals surface area contributed by atoms with Crippen LogP contribution in [0.15, 0.2) is 59.7 Å². The number of aromatic nitrogens is 1. The van der Waals surface area contributed by atoms with E-state index in [1.54, 1.807) is 31.4 Å². The second kappa shape index (κ2) is 8.58. The third-order valence-corrected chi connectivity index (χ3v) is 6.15. The van der Waals surface area contributed by atoms with Gasteiger partial charge in [-0.1, -0.05) is 22.7 Å². The minimum Gasteiger partial charge on any atom is -0.497 e. The highest BCUT2D eigenvalue weighted by Gasteiger charge is 2.24. The van der Waals surface area contributed by atoms with Gasteiger partial charge in [0, 0.05) is 6.07 Å². The van der Waals surface area contributed by atoms with Crippen molar-refractivity contribution in [1.82, 2.24) is 4.98 Å². The third kappa shape index (κ3) is 4.42. The number of fused-ring (bicyclic) bond motifs is 1. The lowest BCUT2D eigenvalue weighted by molar-refractivity contribution is -0.380. The van der Waals surface area contributed by atoms with Crippen LogP contribution in [0, 0.1) is 15.9 Å². The number of thiophene rings is 1. The Labute approximate surface area is 183 Å². The molecule has 0 aliphatic rings. The van der Waals surface area contributed by atoms with Crippen molar-refractivity contribution >= 4 is 55.1 Å². The van der Waals surface area contributed by atoms with Crippen LogP contribution < -0.4 is 9.75 Å². The fourth-order valence-electron chi connectivity index (χ4n) is 2.63. The first-order valence-electron chi connectivity index (χ1n) is 8.77. The Morgan fingerprint density at radius 1 is 1.19 bits per heavy atom. The number of amides is 1. The number of hydrogen-bond acceptors (Lipinski definition) is 8. The second-order valence-electron chi connectivity index (χ2n) is 6.14. The van der Waals surface area contributed by atoms with E-state index in [2.05, 4.69) is 10.1 Å². The smallest absolute Gasteiger partial charge is 0.324 e. The summed E-state index contributed by atoms with van der Waals surface area (Å²) in [7, 11) is 1.56. The predicted octanol–water partition coefficient (Wildman–Crippen LogP) is 5.09. The van der Waals surface area contributed by atoms with Gasteiger partial charge in [0.25, 0.3) is 5.91 Å². The van der Waals surface area contributed by atoms with Crippen LogP contribution in [-0.2, 0) is 0 Å². The lowest BCUT2D eigenvalue weighted by atomic mass is 10.2. The second-order valence-corrected chi connectivity index (χ2v) is 8.21. The lowest BCUT2D eigenvalue weighted by Crippen LogP contribution is -2.24. The van der Waals surface area contributed by atoms with Crippen molar-refractivity contribution in [2.75, 3.05) is 12.1 Å². The van der Waals surface area contributed by atoms with Gasteiger partial charge in [-0.25, -0.2) is 9.37 Å². The highest BCUT2D eigenvalue weighted by molar-refractivity contribution is 7.22. The fourth-order valence-corrected chi connectivity index (χ4v) is 4.32. The van der Waals surface area contributed by atoms with Gasteiger partial charge >= 0.3 is 5.00 Å². The topological polar surface area (TPSA) is 97.9 Å². The van der Waals surface area contributed by atoms with E-state index in [-0.39, 0.29) is 15.0 Å². The zero-order valence-electron chi connectivity index (χ0n) is 15.9. The minimum absolute atomic E-state index is 0.129. The molecule has 0 saturated heterocycles. The summed E-state index contributed by atoms with van der Waals surface area (Å²) in [5.74, 6) is -0.331. The number of nitro groups is 1. The molecule has 0 spiro atoms. The molecule has 4 aromatic rings. The summed E-state index contributed by atoms with van der Waals surface area (Å²) in [6, 6.07) is 13.8. The van der Waals surface area contributed by atoms with E-state index in [1.807, 2.05) is 0 Å². The molecule has 156 valence electrons.